The number of para-hydroxylation sites is 1. The van der Waals surface area contributed by atoms with Gasteiger partial charge in [-0.15, -0.1) is 0 Å². The van der Waals surface area contributed by atoms with E-state index in [1.165, 1.54) is 0 Å². The van der Waals surface area contributed by atoms with Crippen molar-refractivity contribution in [3.05, 3.63) is 100 Å². The van der Waals surface area contributed by atoms with Crippen LogP contribution in [0, 0.1) is 0 Å². The fraction of sp³-hybridized carbons (Fsp3) is 0.0769. The lowest BCUT2D eigenvalue weighted by molar-refractivity contribution is -0.127. The van der Waals surface area contributed by atoms with Crippen molar-refractivity contribution in [1.29, 1.82) is 0 Å². The molecule has 0 radical (unpaired) electrons. The van der Waals surface area contributed by atoms with Crippen LogP contribution in [0.1, 0.15) is 21.5 Å². The van der Waals surface area contributed by atoms with E-state index in [1.807, 2.05) is 6.07 Å². The second-order valence-corrected chi connectivity index (χ2v) is 8.32. The molecule has 1 fully saturated rings. The SMILES string of the molecule is COc1ccc(/C=C2/SC(=O)N(CC(=O)Nc3ccccc3C(=O)c3ccccc3)C2=O)cc1. The summed E-state index contributed by atoms with van der Waals surface area (Å²) in [5.41, 5.74) is 1.83. The van der Waals surface area contributed by atoms with Gasteiger partial charge in [0, 0.05) is 11.1 Å². The van der Waals surface area contributed by atoms with Gasteiger partial charge in [-0.1, -0.05) is 54.6 Å². The van der Waals surface area contributed by atoms with Crippen molar-refractivity contribution >= 4 is 46.4 Å². The zero-order valence-corrected chi connectivity index (χ0v) is 19.0. The molecule has 1 heterocycles. The standard InChI is InChI=1S/C26H20N2O5S/c1-33-19-13-11-17(12-14-19)15-22-25(31)28(26(32)34-22)16-23(29)27-21-10-6-5-9-20(21)24(30)18-7-3-2-4-8-18/h2-15H,16H2,1H3,(H,27,29)/b22-15+. The van der Waals surface area contributed by atoms with E-state index in [-0.39, 0.29) is 10.7 Å². The fourth-order valence-corrected chi connectivity index (χ4v) is 4.19. The molecule has 0 aromatic heterocycles. The third kappa shape index (κ3) is 5.07. The molecule has 1 aliphatic rings. The Hall–Kier alpha value is -4.17. The van der Waals surface area contributed by atoms with E-state index >= 15 is 0 Å². The molecule has 0 unspecified atom stereocenters. The van der Waals surface area contributed by atoms with Gasteiger partial charge in [0.25, 0.3) is 11.1 Å². The number of carbonyl (C=O) groups is 4. The van der Waals surface area contributed by atoms with Crippen LogP contribution < -0.4 is 10.1 Å². The van der Waals surface area contributed by atoms with Crippen molar-refractivity contribution in [2.24, 2.45) is 0 Å². The monoisotopic (exact) mass is 472 g/mol. The first kappa shape index (κ1) is 23.0. The number of benzene rings is 3. The summed E-state index contributed by atoms with van der Waals surface area (Å²) in [6.45, 7) is -0.460. The van der Waals surface area contributed by atoms with Gasteiger partial charge in [-0.3, -0.25) is 24.1 Å². The number of anilines is 1. The predicted molar refractivity (Wildman–Crippen MR) is 131 cm³/mol. The first-order valence-corrected chi connectivity index (χ1v) is 11.2. The van der Waals surface area contributed by atoms with Gasteiger partial charge in [0.15, 0.2) is 5.78 Å². The minimum absolute atomic E-state index is 0.225. The Morgan fingerprint density at radius 2 is 1.62 bits per heavy atom. The van der Waals surface area contributed by atoms with E-state index in [2.05, 4.69) is 5.32 Å². The quantitative estimate of drug-likeness (QED) is 0.399. The molecule has 0 atom stereocenters. The van der Waals surface area contributed by atoms with Crippen LogP contribution in [-0.4, -0.2) is 41.4 Å². The molecule has 3 aromatic rings. The van der Waals surface area contributed by atoms with E-state index < -0.39 is 23.6 Å². The summed E-state index contributed by atoms with van der Waals surface area (Å²) in [7, 11) is 1.56. The topological polar surface area (TPSA) is 92.8 Å². The maximum absolute atomic E-state index is 12.9. The van der Waals surface area contributed by atoms with Crippen molar-refractivity contribution in [1.82, 2.24) is 4.90 Å². The van der Waals surface area contributed by atoms with Gasteiger partial charge in [-0.05, 0) is 47.7 Å². The van der Waals surface area contributed by atoms with E-state index in [0.29, 0.717) is 22.6 Å². The first-order valence-electron chi connectivity index (χ1n) is 10.3. The molecule has 7 nitrogen and oxygen atoms in total. The smallest absolute Gasteiger partial charge is 0.294 e. The summed E-state index contributed by atoms with van der Waals surface area (Å²) >= 11 is 0.773. The molecular formula is C26H20N2O5S. The summed E-state index contributed by atoms with van der Waals surface area (Å²) in [4.78, 5) is 51.8. The molecule has 1 saturated heterocycles. The highest BCUT2D eigenvalue weighted by atomic mass is 32.2. The number of carbonyl (C=O) groups excluding carboxylic acids is 4. The Kier molecular flexibility index (Phi) is 6.89. The van der Waals surface area contributed by atoms with Crippen molar-refractivity contribution < 1.29 is 23.9 Å². The van der Waals surface area contributed by atoms with Crippen molar-refractivity contribution in [2.75, 3.05) is 19.0 Å². The highest BCUT2D eigenvalue weighted by Gasteiger charge is 2.36. The fourth-order valence-electron chi connectivity index (χ4n) is 3.36. The van der Waals surface area contributed by atoms with E-state index in [4.69, 9.17) is 4.74 Å². The number of nitrogens with one attached hydrogen (secondary N) is 1. The lowest BCUT2D eigenvalue weighted by atomic mass is 10.0. The normalized spacial score (nSPS) is 14.4. The molecule has 3 amide bonds. The van der Waals surface area contributed by atoms with Crippen LogP contribution in [0.25, 0.3) is 6.08 Å². The van der Waals surface area contributed by atoms with Crippen LogP contribution in [-0.2, 0) is 9.59 Å². The molecular weight excluding hydrogens is 452 g/mol. The molecule has 34 heavy (non-hydrogen) atoms. The lowest BCUT2D eigenvalue weighted by Crippen LogP contribution is -2.36. The Morgan fingerprint density at radius 3 is 2.32 bits per heavy atom. The Balaban J connectivity index is 1.46. The summed E-state index contributed by atoms with van der Waals surface area (Å²) < 4.78 is 5.11. The van der Waals surface area contributed by atoms with E-state index in [9.17, 15) is 19.2 Å². The Morgan fingerprint density at radius 1 is 0.941 bits per heavy atom. The minimum Gasteiger partial charge on any atom is -0.497 e. The third-order valence-electron chi connectivity index (χ3n) is 5.07. The first-order chi connectivity index (χ1) is 16.5. The second kappa shape index (κ2) is 10.2. The van der Waals surface area contributed by atoms with Gasteiger partial charge in [-0.25, -0.2) is 0 Å². The molecule has 8 heteroatoms. The molecule has 4 rings (SSSR count). The maximum Gasteiger partial charge on any atom is 0.294 e. The average molecular weight is 473 g/mol. The highest BCUT2D eigenvalue weighted by Crippen LogP contribution is 2.32. The largest absolute Gasteiger partial charge is 0.497 e. The molecule has 1 aliphatic heterocycles. The highest BCUT2D eigenvalue weighted by molar-refractivity contribution is 8.18. The minimum atomic E-state index is -0.582. The van der Waals surface area contributed by atoms with Gasteiger partial charge in [0.05, 0.1) is 17.7 Å². The number of nitrogens with zero attached hydrogens (tertiary/aromatic N) is 1. The second-order valence-electron chi connectivity index (χ2n) is 7.33. The number of ketones is 1. The number of hydrogen-bond acceptors (Lipinski definition) is 6. The molecule has 170 valence electrons. The predicted octanol–water partition coefficient (Wildman–Crippen LogP) is 4.60. The Labute approximate surface area is 200 Å². The van der Waals surface area contributed by atoms with Crippen molar-refractivity contribution in [2.45, 2.75) is 0 Å². The van der Waals surface area contributed by atoms with Gasteiger partial charge in [0.2, 0.25) is 5.91 Å². The molecule has 0 bridgehead atoms. The zero-order chi connectivity index (χ0) is 24.1. The van der Waals surface area contributed by atoms with Gasteiger partial charge >= 0.3 is 0 Å². The molecule has 1 N–H and O–H groups in total. The zero-order valence-electron chi connectivity index (χ0n) is 18.2. The van der Waals surface area contributed by atoms with E-state index in [0.717, 1.165) is 22.2 Å². The van der Waals surface area contributed by atoms with Gasteiger partial charge < -0.3 is 10.1 Å². The van der Waals surface area contributed by atoms with Gasteiger partial charge in [-0.2, -0.15) is 0 Å². The van der Waals surface area contributed by atoms with Crippen LogP contribution in [0.3, 0.4) is 0 Å². The number of methoxy groups -OCH3 is 1. The van der Waals surface area contributed by atoms with Gasteiger partial charge in [0.1, 0.15) is 12.3 Å². The van der Waals surface area contributed by atoms with E-state index in [1.54, 1.807) is 86.0 Å². The summed E-state index contributed by atoms with van der Waals surface area (Å²) in [5, 5.41) is 2.12. The van der Waals surface area contributed by atoms with Crippen LogP contribution in [0.15, 0.2) is 83.8 Å². The van der Waals surface area contributed by atoms with Crippen LogP contribution in [0.2, 0.25) is 0 Å². The number of hydrogen-bond donors (Lipinski definition) is 1. The van der Waals surface area contributed by atoms with Crippen molar-refractivity contribution in [3.8, 4) is 5.75 Å². The van der Waals surface area contributed by atoms with Crippen LogP contribution in [0.5, 0.6) is 5.75 Å². The number of rotatable bonds is 7. The molecule has 0 spiro atoms. The number of thioether (sulfide) groups is 1. The molecule has 0 saturated carbocycles. The number of imide groups is 1. The molecule has 3 aromatic carbocycles. The third-order valence-corrected chi connectivity index (χ3v) is 5.98. The average Bonchev–Trinajstić information content (AvgIpc) is 3.12. The Bertz CT molecular complexity index is 1290. The van der Waals surface area contributed by atoms with Crippen LogP contribution >= 0.6 is 11.8 Å². The van der Waals surface area contributed by atoms with Crippen molar-refractivity contribution in [3.63, 3.8) is 0 Å². The summed E-state index contributed by atoms with van der Waals surface area (Å²) in [5.74, 6) is -0.700. The molecule has 0 aliphatic carbocycles. The summed E-state index contributed by atoms with van der Waals surface area (Å²) in [6, 6.07) is 22.3. The maximum atomic E-state index is 12.9. The number of ether oxygens (including phenoxy) is 1. The lowest BCUT2D eigenvalue weighted by Gasteiger charge is -2.14. The summed E-state index contributed by atoms with van der Waals surface area (Å²) in [6.07, 6.45) is 1.59. The van der Waals surface area contributed by atoms with Crippen LogP contribution in [0.4, 0.5) is 10.5 Å². The number of amides is 3.